The molecule has 33 heavy (non-hydrogen) atoms. The molecule has 4 bridgehead atoms. The van der Waals surface area contributed by atoms with E-state index < -0.39 is 0 Å². The number of nitrogens with zero attached hydrogens (tertiary/aromatic N) is 2. The molecule has 1 N–H and O–H groups in total. The summed E-state index contributed by atoms with van der Waals surface area (Å²) in [6.45, 7) is 2.19. The molecule has 7 rings (SSSR count). The number of likely N-dealkylation sites (tertiary alicyclic amines) is 1. The van der Waals surface area contributed by atoms with Crippen LogP contribution in [-0.4, -0.2) is 64.6 Å². The van der Waals surface area contributed by atoms with Crippen LogP contribution in [0.25, 0.3) is 0 Å². The van der Waals surface area contributed by atoms with E-state index in [2.05, 4.69) is 10.2 Å². The first-order valence-electron chi connectivity index (χ1n) is 12.6. The average molecular weight is 470 g/mol. The number of thioether (sulfide) groups is 1. The van der Waals surface area contributed by atoms with Gasteiger partial charge in [-0.1, -0.05) is 6.07 Å². The summed E-state index contributed by atoms with van der Waals surface area (Å²) in [6.07, 6.45) is 9.37. The molecule has 6 nitrogen and oxygen atoms in total. The minimum Gasteiger partial charge on any atom is -0.497 e. The summed E-state index contributed by atoms with van der Waals surface area (Å²) in [5.41, 5.74) is 0.732. The fourth-order valence-corrected chi connectivity index (χ4v) is 9.31. The van der Waals surface area contributed by atoms with Crippen LogP contribution >= 0.6 is 11.8 Å². The van der Waals surface area contributed by atoms with Crippen molar-refractivity contribution >= 4 is 23.7 Å². The third kappa shape index (κ3) is 3.80. The van der Waals surface area contributed by atoms with Gasteiger partial charge in [0.25, 0.3) is 5.91 Å². The average Bonchev–Trinajstić information content (AvgIpc) is 3.20. The Kier molecular flexibility index (Phi) is 5.31. The van der Waals surface area contributed by atoms with Crippen LogP contribution in [0.1, 0.15) is 61.7 Å². The van der Waals surface area contributed by atoms with Gasteiger partial charge in [0.2, 0.25) is 0 Å². The minimum atomic E-state index is -0.197. The molecule has 1 aromatic rings. The molecule has 1 aromatic carbocycles. The normalized spacial score (nSPS) is 34.0. The van der Waals surface area contributed by atoms with Gasteiger partial charge in [0.05, 0.1) is 12.0 Å². The Balaban J connectivity index is 1.11. The second-order valence-electron chi connectivity index (χ2n) is 11.1. The first-order valence-corrected chi connectivity index (χ1v) is 13.6. The lowest BCUT2D eigenvalue weighted by Gasteiger charge is -2.57. The lowest BCUT2D eigenvalue weighted by atomic mass is 9.53. The number of carbonyl (C=O) groups excluding carboxylic acids is 2. The smallest absolute Gasteiger partial charge is 0.317 e. The van der Waals surface area contributed by atoms with Crippen LogP contribution in [0.15, 0.2) is 24.3 Å². The number of piperidine rings is 1. The van der Waals surface area contributed by atoms with Gasteiger partial charge < -0.3 is 19.9 Å². The molecule has 7 heteroatoms. The molecule has 2 heterocycles. The molecule has 2 aliphatic heterocycles. The predicted octanol–water partition coefficient (Wildman–Crippen LogP) is 4.35. The van der Waals surface area contributed by atoms with Gasteiger partial charge in [-0.2, -0.15) is 0 Å². The zero-order valence-electron chi connectivity index (χ0n) is 19.6. The number of ether oxygens (including phenoxy) is 1. The van der Waals surface area contributed by atoms with Gasteiger partial charge in [-0.3, -0.25) is 4.79 Å². The second-order valence-corrected chi connectivity index (χ2v) is 12.6. The number of amides is 3. The Morgan fingerprint density at radius 1 is 1.03 bits per heavy atom. The number of hydrogen-bond donors (Lipinski definition) is 1. The minimum absolute atomic E-state index is 0.0530. The fourth-order valence-electron chi connectivity index (χ4n) is 7.85. The lowest BCUT2D eigenvalue weighted by Crippen LogP contribution is -2.63. The van der Waals surface area contributed by atoms with Crippen molar-refractivity contribution in [3.8, 4) is 5.75 Å². The first kappa shape index (κ1) is 21.6. The number of methoxy groups -OCH3 is 1. The van der Waals surface area contributed by atoms with Gasteiger partial charge in [0.1, 0.15) is 5.75 Å². The number of hydrogen-bond acceptors (Lipinski definition) is 4. The van der Waals surface area contributed by atoms with E-state index in [4.69, 9.17) is 4.74 Å². The van der Waals surface area contributed by atoms with Gasteiger partial charge >= 0.3 is 6.03 Å². The number of urea groups is 1. The number of rotatable bonds is 3. The Morgan fingerprint density at radius 2 is 1.70 bits per heavy atom. The van der Waals surface area contributed by atoms with E-state index in [1.165, 1.54) is 38.5 Å². The Hall–Kier alpha value is -1.89. The standard InChI is InChI=1S/C26H35N3O3S/c1-32-22-4-2-3-21(14-22)23(30)29-9-10-33-26(29)5-7-28(8-6-26)24(31)27-25-15-18-11-19(16-25)13-20(12-18)17-25/h2-4,14,18-20H,5-13,15-17H2,1H3,(H,27,31). The summed E-state index contributed by atoms with van der Waals surface area (Å²) in [5, 5.41) is 3.53. The summed E-state index contributed by atoms with van der Waals surface area (Å²) in [5.74, 6) is 4.21. The van der Waals surface area contributed by atoms with Crippen molar-refractivity contribution in [3.63, 3.8) is 0 Å². The summed E-state index contributed by atoms with van der Waals surface area (Å²) < 4.78 is 5.32. The van der Waals surface area contributed by atoms with Crippen LogP contribution in [0.3, 0.4) is 0 Å². The van der Waals surface area contributed by atoms with Gasteiger partial charge in [-0.15, -0.1) is 11.8 Å². The largest absolute Gasteiger partial charge is 0.497 e. The third-order valence-corrected chi connectivity index (χ3v) is 10.5. The lowest BCUT2D eigenvalue weighted by molar-refractivity contribution is -0.0164. The molecule has 0 atom stereocenters. The van der Waals surface area contributed by atoms with Crippen molar-refractivity contribution in [3.05, 3.63) is 29.8 Å². The Bertz CT molecular complexity index is 907. The highest BCUT2D eigenvalue weighted by atomic mass is 32.2. The van der Waals surface area contributed by atoms with Crippen molar-refractivity contribution in [2.75, 3.05) is 32.5 Å². The molecule has 6 fully saturated rings. The second kappa shape index (κ2) is 8.10. The molecule has 0 radical (unpaired) electrons. The molecule has 0 aromatic heterocycles. The van der Waals surface area contributed by atoms with Crippen molar-refractivity contribution < 1.29 is 14.3 Å². The topological polar surface area (TPSA) is 61.9 Å². The van der Waals surface area contributed by atoms with Crippen molar-refractivity contribution in [1.82, 2.24) is 15.1 Å². The number of carbonyl (C=O) groups is 2. The Morgan fingerprint density at radius 3 is 2.33 bits per heavy atom. The van der Waals surface area contributed by atoms with E-state index in [1.807, 2.05) is 40.9 Å². The van der Waals surface area contributed by atoms with Gasteiger partial charge in [0, 0.05) is 36.5 Å². The Labute approximate surface area is 200 Å². The number of benzene rings is 1. The van der Waals surface area contributed by atoms with E-state index in [9.17, 15) is 9.59 Å². The van der Waals surface area contributed by atoms with Crippen LogP contribution < -0.4 is 10.1 Å². The highest BCUT2D eigenvalue weighted by molar-refractivity contribution is 8.00. The summed E-state index contributed by atoms with van der Waals surface area (Å²) in [7, 11) is 1.63. The predicted molar refractivity (Wildman–Crippen MR) is 129 cm³/mol. The molecule has 2 saturated heterocycles. The third-order valence-electron chi connectivity index (χ3n) is 8.98. The van der Waals surface area contributed by atoms with Gasteiger partial charge in [0.15, 0.2) is 0 Å². The van der Waals surface area contributed by atoms with E-state index in [0.29, 0.717) is 24.4 Å². The molecule has 6 aliphatic rings. The molecule has 178 valence electrons. The van der Waals surface area contributed by atoms with Crippen LogP contribution in [0.2, 0.25) is 0 Å². The monoisotopic (exact) mass is 469 g/mol. The fraction of sp³-hybridized carbons (Fsp3) is 0.692. The van der Waals surface area contributed by atoms with Crippen LogP contribution in [0.5, 0.6) is 5.75 Å². The van der Waals surface area contributed by atoms with E-state index >= 15 is 0 Å². The first-order chi connectivity index (χ1) is 16.0. The summed E-state index contributed by atoms with van der Waals surface area (Å²) in [4.78, 5) is 30.6. The molecule has 3 amide bonds. The molecule has 4 aliphatic carbocycles. The van der Waals surface area contributed by atoms with Gasteiger partial charge in [-0.05, 0) is 87.3 Å². The van der Waals surface area contributed by atoms with Crippen LogP contribution in [-0.2, 0) is 0 Å². The summed E-state index contributed by atoms with van der Waals surface area (Å²) >= 11 is 1.89. The molecule has 4 saturated carbocycles. The summed E-state index contributed by atoms with van der Waals surface area (Å²) in [6, 6.07) is 7.56. The van der Waals surface area contributed by atoms with E-state index in [1.54, 1.807) is 7.11 Å². The molecular weight excluding hydrogens is 434 g/mol. The quantitative estimate of drug-likeness (QED) is 0.715. The SMILES string of the molecule is COc1cccc(C(=O)N2CCSC23CCN(C(=O)NC24CC5CC(CC(C5)C2)C4)CC3)c1. The van der Waals surface area contributed by atoms with E-state index in [-0.39, 0.29) is 22.3 Å². The zero-order chi connectivity index (χ0) is 22.6. The van der Waals surface area contributed by atoms with Crippen molar-refractivity contribution in [2.24, 2.45) is 17.8 Å². The maximum absolute atomic E-state index is 13.4. The zero-order valence-corrected chi connectivity index (χ0v) is 20.4. The van der Waals surface area contributed by atoms with E-state index in [0.717, 1.165) is 42.9 Å². The van der Waals surface area contributed by atoms with Crippen molar-refractivity contribution in [2.45, 2.75) is 61.8 Å². The highest BCUT2D eigenvalue weighted by Crippen LogP contribution is 2.55. The number of nitrogens with one attached hydrogen (secondary N) is 1. The van der Waals surface area contributed by atoms with Crippen LogP contribution in [0, 0.1) is 17.8 Å². The molecular formula is C26H35N3O3S. The van der Waals surface area contributed by atoms with Crippen LogP contribution in [0.4, 0.5) is 4.79 Å². The molecule has 0 unspecified atom stereocenters. The highest BCUT2D eigenvalue weighted by Gasteiger charge is 2.52. The van der Waals surface area contributed by atoms with Crippen molar-refractivity contribution in [1.29, 1.82) is 0 Å². The molecule has 1 spiro atoms. The maximum atomic E-state index is 13.4. The maximum Gasteiger partial charge on any atom is 0.317 e. The van der Waals surface area contributed by atoms with Gasteiger partial charge in [-0.25, -0.2) is 4.79 Å².